The first-order valence-corrected chi connectivity index (χ1v) is 8.93. The molecule has 1 heterocycles. The molecule has 0 fully saturated rings. The van der Waals surface area contributed by atoms with E-state index in [-0.39, 0.29) is 5.91 Å². The molecule has 1 aromatic heterocycles. The van der Waals surface area contributed by atoms with Gasteiger partial charge >= 0.3 is 0 Å². The van der Waals surface area contributed by atoms with Gasteiger partial charge in [0.2, 0.25) is 0 Å². The molecule has 3 rings (SSSR count). The average molecular weight is 390 g/mol. The van der Waals surface area contributed by atoms with Crippen LogP contribution in [0, 0.1) is 6.92 Å². The molecule has 0 bridgehead atoms. The fourth-order valence-corrected chi connectivity index (χ4v) is 3.50. The number of hydrogen-bond donors (Lipinski definition) is 1. The number of benzene rings is 2. The quantitative estimate of drug-likeness (QED) is 0.492. The Labute approximate surface area is 159 Å². The highest BCUT2D eigenvalue weighted by Crippen LogP contribution is 2.27. The first kappa shape index (κ1) is 17.6. The molecular weight excluding hydrogens is 377 g/mol. The summed E-state index contributed by atoms with van der Waals surface area (Å²) >= 11 is 13.4. The Hall–Kier alpha value is -2.21. The van der Waals surface area contributed by atoms with Crippen molar-refractivity contribution >= 4 is 46.7 Å². The summed E-state index contributed by atoms with van der Waals surface area (Å²) in [6.07, 6.45) is 1.47. The summed E-state index contributed by atoms with van der Waals surface area (Å²) in [5, 5.41) is 5.74. The van der Waals surface area contributed by atoms with Crippen LogP contribution < -0.4 is 5.43 Å². The molecule has 0 radical (unpaired) electrons. The molecule has 4 nitrogen and oxygen atoms in total. The second-order valence-corrected chi connectivity index (χ2v) is 7.20. The minimum absolute atomic E-state index is 0.364. The van der Waals surface area contributed by atoms with Crippen LogP contribution in [-0.2, 0) is 0 Å². The summed E-state index contributed by atoms with van der Waals surface area (Å²) < 4.78 is 0. The first-order valence-electron chi connectivity index (χ1n) is 7.36. The van der Waals surface area contributed by atoms with Crippen LogP contribution in [0.5, 0.6) is 0 Å². The van der Waals surface area contributed by atoms with Crippen molar-refractivity contribution in [2.45, 2.75) is 6.92 Å². The SMILES string of the molecule is Cc1sc(-c2ccccc2)nc1C(=O)N/N=C\c1ccc(Cl)cc1Cl. The molecule has 126 valence electrons. The van der Waals surface area contributed by atoms with Crippen molar-refractivity contribution in [1.82, 2.24) is 10.4 Å². The molecule has 0 spiro atoms. The topological polar surface area (TPSA) is 54.4 Å². The fraction of sp³-hybridized carbons (Fsp3) is 0.0556. The Kier molecular flexibility index (Phi) is 5.48. The van der Waals surface area contributed by atoms with Crippen LogP contribution in [0.1, 0.15) is 20.9 Å². The number of aryl methyl sites for hydroxylation is 1. The van der Waals surface area contributed by atoms with Crippen LogP contribution in [0.3, 0.4) is 0 Å². The number of hydrogen-bond acceptors (Lipinski definition) is 4. The zero-order valence-electron chi connectivity index (χ0n) is 13.2. The van der Waals surface area contributed by atoms with Crippen molar-refractivity contribution in [3.05, 3.63) is 74.7 Å². The second-order valence-electron chi connectivity index (χ2n) is 5.15. The number of halogens is 2. The summed E-state index contributed by atoms with van der Waals surface area (Å²) in [6, 6.07) is 14.8. The van der Waals surface area contributed by atoms with E-state index in [1.807, 2.05) is 37.3 Å². The number of nitrogens with zero attached hydrogens (tertiary/aromatic N) is 2. The number of aromatic nitrogens is 1. The second kappa shape index (κ2) is 7.78. The van der Waals surface area contributed by atoms with Gasteiger partial charge in [-0.2, -0.15) is 5.10 Å². The van der Waals surface area contributed by atoms with E-state index in [0.29, 0.717) is 21.3 Å². The first-order chi connectivity index (χ1) is 12.0. The van der Waals surface area contributed by atoms with Crippen molar-refractivity contribution in [3.63, 3.8) is 0 Å². The Bertz CT molecular complexity index is 939. The third-order valence-corrected chi connectivity index (χ3v) is 4.95. The van der Waals surface area contributed by atoms with Gasteiger partial charge in [-0.25, -0.2) is 10.4 Å². The molecule has 1 N–H and O–H groups in total. The number of carbonyl (C=O) groups excluding carboxylic acids is 1. The summed E-state index contributed by atoms with van der Waals surface area (Å²) in [4.78, 5) is 17.6. The summed E-state index contributed by atoms with van der Waals surface area (Å²) in [6.45, 7) is 1.86. The van der Waals surface area contributed by atoms with Gasteiger partial charge in [0.05, 0.1) is 11.2 Å². The van der Waals surface area contributed by atoms with E-state index >= 15 is 0 Å². The van der Waals surface area contributed by atoms with Gasteiger partial charge in [-0.15, -0.1) is 11.3 Å². The van der Waals surface area contributed by atoms with Gasteiger partial charge in [-0.1, -0.05) is 59.6 Å². The van der Waals surface area contributed by atoms with E-state index < -0.39 is 0 Å². The van der Waals surface area contributed by atoms with Crippen molar-refractivity contribution in [2.24, 2.45) is 5.10 Å². The molecule has 7 heteroatoms. The maximum Gasteiger partial charge on any atom is 0.291 e. The smallest absolute Gasteiger partial charge is 0.266 e. The molecule has 2 aromatic carbocycles. The lowest BCUT2D eigenvalue weighted by Crippen LogP contribution is -2.19. The molecule has 0 aliphatic rings. The molecule has 0 unspecified atom stereocenters. The highest BCUT2D eigenvalue weighted by Gasteiger charge is 2.15. The Morgan fingerprint density at radius 1 is 1.20 bits per heavy atom. The molecule has 25 heavy (non-hydrogen) atoms. The van der Waals surface area contributed by atoms with Gasteiger partial charge < -0.3 is 0 Å². The molecule has 0 aliphatic heterocycles. The summed E-state index contributed by atoms with van der Waals surface area (Å²) in [5.41, 5.74) is 4.48. The van der Waals surface area contributed by atoms with Gasteiger partial charge in [0.25, 0.3) is 5.91 Å². The van der Waals surface area contributed by atoms with E-state index in [4.69, 9.17) is 23.2 Å². The molecule has 0 saturated heterocycles. The third kappa shape index (κ3) is 4.25. The standard InChI is InChI=1S/C18H13Cl2N3OS/c1-11-16(22-18(25-11)12-5-3-2-4-6-12)17(24)23-21-10-13-7-8-14(19)9-15(13)20/h2-10H,1H3,(H,23,24)/b21-10-. The predicted octanol–water partition coefficient (Wildman–Crippen LogP) is 5.19. The fourth-order valence-electron chi connectivity index (χ4n) is 2.13. The van der Waals surface area contributed by atoms with E-state index in [1.54, 1.807) is 18.2 Å². The van der Waals surface area contributed by atoms with Crippen molar-refractivity contribution < 1.29 is 4.79 Å². The van der Waals surface area contributed by atoms with Gasteiger partial charge in [0.1, 0.15) is 10.7 Å². The molecule has 0 saturated carbocycles. The van der Waals surface area contributed by atoms with E-state index in [1.165, 1.54) is 17.6 Å². The Morgan fingerprint density at radius 3 is 2.68 bits per heavy atom. The zero-order valence-corrected chi connectivity index (χ0v) is 15.5. The minimum Gasteiger partial charge on any atom is -0.266 e. The number of amides is 1. The number of nitrogens with one attached hydrogen (secondary N) is 1. The highest BCUT2D eigenvalue weighted by atomic mass is 35.5. The maximum atomic E-state index is 12.3. The average Bonchev–Trinajstić information content (AvgIpc) is 2.99. The van der Waals surface area contributed by atoms with Crippen LogP contribution in [-0.4, -0.2) is 17.1 Å². The lowest BCUT2D eigenvalue weighted by atomic mass is 10.2. The molecule has 1 amide bonds. The van der Waals surface area contributed by atoms with E-state index in [9.17, 15) is 4.79 Å². The van der Waals surface area contributed by atoms with Crippen LogP contribution in [0.2, 0.25) is 10.0 Å². The van der Waals surface area contributed by atoms with Gasteiger partial charge in [-0.05, 0) is 19.1 Å². The lowest BCUT2D eigenvalue weighted by molar-refractivity contribution is 0.0950. The Balaban J connectivity index is 1.73. The largest absolute Gasteiger partial charge is 0.291 e. The molecule has 3 aromatic rings. The molecular formula is C18H13Cl2N3OS. The number of thiazole rings is 1. The lowest BCUT2D eigenvalue weighted by Gasteiger charge is -1.99. The number of carbonyl (C=O) groups is 1. The molecule has 0 aliphatic carbocycles. The van der Waals surface area contributed by atoms with Crippen molar-refractivity contribution in [1.29, 1.82) is 0 Å². The zero-order chi connectivity index (χ0) is 17.8. The van der Waals surface area contributed by atoms with Crippen molar-refractivity contribution in [2.75, 3.05) is 0 Å². The normalized spacial score (nSPS) is 11.0. The third-order valence-electron chi connectivity index (χ3n) is 3.36. The number of rotatable bonds is 4. The summed E-state index contributed by atoms with van der Waals surface area (Å²) in [7, 11) is 0. The monoisotopic (exact) mass is 389 g/mol. The predicted molar refractivity (Wildman–Crippen MR) is 104 cm³/mol. The van der Waals surface area contributed by atoms with Crippen LogP contribution in [0.4, 0.5) is 0 Å². The van der Waals surface area contributed by atoms with Crippen LogP contribution >= 0.6 is 34.5 Å². The van der Waals surface area contributed by atoms with Crippen LogP contribution in [0.15, 0.2) is 53.6 Å². The molecule has 0 atom stereocenters. The minimum atomic E-state index is -0.364. The van der Waals surface area contributed by atoms with Crippen molar-refractivity contribution in [3.8, 4) is 10.6 Å². The number of hydrazone groups is 1. The van der Waals surface area contributed by atoms with E-state index in [0.717, 1.165) is 15.4 Å². The Morgan fingerprint density at radius 2 is 1.96 bits per heavy atom. The van der Waals surface area contributed by atoms with E-state index in [2.05, 4.69) is 15.5 Å². The highest BCUT2D eigenvalue weighted by molar-refractivity contribution is 7.15. The maximum absolute atomic E-state index is 12.3. The van der Waals surface area contributed by atoms with Gasteiger partial charge in [-0.3, -0.25) is 4.79 Å². The summed E-state index contributed by atoms with van der Waals surface area (Å²) in [5.74, 6) is -0.364. The van der Waals surface area contributed by atoms with Gasteiger partial charge in [0, 0.05) is 21.0 Å². The van der Waals surface area contributed by atoms with Gasteiger partial charge in [0.15, 0.2) is 0 Å². The van der Waals surface area contributed by atoms with Crippen LogP contribution in [0.25, 0.3) is 10.6 Å².